The van der Waals surface area contributed by atoms with Gasteiger partial charge < -0.3 is 24.8 Å². The molecule has 1 saturated heterocycles. The number of carbonyl (C=O) groups is 2. The van der Waals surface area contributed by atoms with Crippen molar-refractivity contribution in [3.8, 4) is 22.6 Å². The van der Waals surface area contributed by atoms with E-state index in [9.17, 15) is 19.1 Å². The van der Waals surface area contributed by atoms with Gasteiger partial charge in [0, 0.05) is 17.7 Å². The Labute approximate surface area is 219 Å². The van der Waals surface area contributed by atoms with Crippen LogP contribution in [0, 0.1) is 11.6 Å². The molecule has 2 atom stereocenters. The SMILES string of the molecule is O=C(NC(CN1CCCC1)C(O)c1ccc2c(c1F)OCCO2)C(=O)c1ccc(-c2ccc(F)cc2)cc1. The van der Waals surface area contributed by atoms with Gasteiger partial charge in [-0.05, 0) is 61.3 Å². The summed E-state index contributed by atoms with van der Waals surface area (Å²) in [4.78, 5) is 28.0. The van der Waals surface area contributed by atoms with Gasteiger partial charge in [-0.3, -0.25) is 9.59 Å². The van der Waals surface area contributed by atoms with Gasteiger partial charge in [-0.15, -0.1) is 0 Å². The molecule has 5 rings (SSSR count). The fraction of sp³-hybridized carbons (Fsp3) is 0.310. The van der Waals surface area contributed by atoms with E-state index in [4.69, 9.17) is 9.47 Å². The molecule has 0 aliphatic carbocycles. The van der Waals surface area contributed by atoms with Gasteiger partial charge in [-0.25, -0.2) is 8.78 Å². The van der Waals surface area contributed by atoms with E-state index in [0.717, 1.165) is 37.1 Å². The minimum absolute atomic E-state index is 0.0464. The van der Waals surface area contributed by atoms with Crippen LogP contribution in [-0.2, 0) is 4.79 Å². The van der Waals surface area contributed by atoms with Crippen LogP contribution in [0.25, 0.3) is 11.1 Å². The van der Waals surface area contributed by atoms with Crippen molar-refractivity contribution in [1.29, 1.82) is 0 Å². The Kier molecular flexibility index (Phi) is 7.67. The number of aliphatic hydroxyl groups excluding tert-OH is 1. The monoisotopic (exact) mass is 522 g/mol. The fourth-order valence-corrected chi connectivity index (χ4v) is 4.83. The Morgan fingerprint density at radius 2 is 1.53 bits per heavy atom. The Morgan fingerprint density at radius 1 is 0.895 bits per heavy atom. The molecule has 0 bridgehead atoms. The molecule has 0 spiro atoms. The first kappa shape index (κ1) is 25.8. The quantitative estimate of drug-likeness (QED) is 0.345. The molecule has 0 saturated carbocycles. The number of aliphatic hydroxyl groups is 1. The number of carbonyl (C=O) groups excluding carboxylic acids is 2. The summed E-state index contributed by atoms with van der Waals surface area (Å²) in [6.07, 6.45) is 0.534. The predicted octanol–water partition coefficient (Wildman–Crippen LogP) is 3.90. The number of rotatable bonds is 8. The smallest absolute Gasteiger partial charge is 0.292 e. The topological polar surface area (TPSA) is 88.1 Å². The lowest BCUT2D eigenvalue weighted by molar-refractivity contribution is -0.118. The summed E-state index contributed by atoms with van der Waals surface area (Å²) < 4.78 is 39.3. The van der Waals surface area contributed by atoms with Crippen LogP contribution in [0.2, 0.25) is 0 Å². The maximum absolute atomic E-state index is 15.3. The highest BCUT2D eigenvalue weighted by Crippen LogP contribution is 2.37. The molecule has 198 valence electrons. The number of halogens is 2. The van der Waals surface area contributed by atoms with E-state index < -0.39 is 29.7 Å². The highest BCUT2D eigenvalue weighted by atomic mass is 19.1. The molecule has 38 heavy (non-hydrogen) atoms. The van der Waals surface area contributed by atoms with Crippen LogP contribution in [0.1, 0.15) is 34.9 Å². The molecular formula is C29H28F2N2O5. The first-order valence-electron chi connectivity index (χ1n) is 12.6. The number of hydrogen-bond acceptors (Lipinski definition) is 6. The molecule has 7 nitrogen and oxygen atoms in total. The molecular weight excluding hydrogens is 494 g/mol. The summed E-state index contributed by atoms with van der Waals surface area (Å²) >= 11 is 0. The van der Waals surface area contributed by atoms with Crippen LogP contribution in [0.4, 0.5) is 8.78 Å². The number of likely N-dealkylation sites (tertiary alicyclic amines) is 1. The van der Waals surface area contributed by atoms with Gasteiger partial charge in [0.1, 0.15) is 25.1 Å². The normalized spacial score (nSPS) is 16.6. The lowest BCUT2D eigenvalue weighted by Crippen LogP contribution is -2.48. The van der Waals surface area contributed by atoms with Gasteiger partial charge in [0.05, 0.1) is 6.04 Å². The first-order chi connectivity index (χ1) is 18.4. The van der Waals surface area contributed by atoms with Crippen molar-refractivity contribution >= 4 is 11.7 Å². The third-order valence-corrected chi connectivity index (χ3v) is 6.88. The van der Waals surface area contributed by atoms with E-state index in [1.807, 2.05) is 0 Å². The third-order valence-electron chi connectivity index (χ3n) is 6.88. The summed E-state index contributed by atoms with van der Waals surface area (Å²) in [5.41, 5.74) is 1.65. The maximum Gasteiger partial charge on any atom is 0.292 e. The average molecular weight is 523 g/mol. The van der Waals surface area contributed by atoms with Crippen LogP contribution in [0.3, 0.4) is 0 Å². The second-order valence-electron chi connectivity index (χ2n) is 9.44. The largest absolute Gasteiger partial charge is 0.486 e. The number of benzene rings is 3. The van der Waals surface area contributed by atoms with E-state index >= 15 is 4.39 Å². The molecule has 2 heterocycles. The van der Waals surface area contributed by atoms with E-state index in [-0.39, 0.29) is 41.6 Å². The fourth-order valence-electron chi connectivity index (χ4n) is 4.83. The number of nitrogens with one attached hydrogen (secondary N) is 1. The molecule has 2 N–H and O–H groups in total. The number of nitrogens with zero attached hydrogens (tertiary/aromatic N) is 1. The second kappa shape index (κ2) is 11.3. The minimum atomic E-state index is -1.43. The molecule has 3 aromatic rings. The highest BCUT2D eigenvalue weighted by molar-refractivity contribution is 6.42. The number of fused-ring (bicyclic) bond motifs is 1. The molecule has 9 heteroatoms. The molecule has 1 fully saturated rings. The zero-order chi connectivity index (χ0) is 26.6. The van der Waals surface area contributed by atoms with Crippen molar-refractivity contribution in [2.24, 2.45) is 0 Å². The molecule has 0 aromatic heterocycles. The average Bonchev–Trinajstić information content (AvgIpc) is 3.46. The van der Waals surface area contributed by atoms with Crippen molar-refractivity contribution in [2.45, 2.75) is 25.0 Å². The van der Waals surface area contributed by atoms with Gasteiger partial charge in [-0.1, -0.05) is 36.4 Å². The minimum Gasteiger partial charge on any atom is -0.486 e. The van der Waals surface area contributed by atoms with Gasteiger partial charge >= 0.3 is 0 Å². The number of Topliss-reactive ketones (excluding diaryl/α,β-unsaturated/α-hetero) is 1. The van der Waals surface area contributed by atoms with Crippen LogP contribution in [0.15, 0.2) is 60.7 Å². The van der Waals surface area contributed by atoms with Crippen molar-refractivity contribution in [2.75, 3.05) is 32.8 Å². The van der Waals surface area contributed by atoms with Crippen LogP contribution in [-0.4, -0.2) is 60.6 Å². The molecule has 2 aliphatic rings. The number of ketones is 1. The number of hydrogen-bond donors (Lipinski definition) is 2. The van der Waals surface area contributed by atoms with E-state index in [1.54, 1.807) is 24.3 Å². The molecule has 3 aromatic carbocycles. The predicted molar refractivity (Wildman–Crippen MR) is 136 cm³/mol. The Hall–Kier alpha value is -3.82. The van der Waals surface area contributed by atoms with Crippen molar-refractivity contribution in [3.05, 3.63) is 83.4 Å². The lowest BCUT2D eigenvalue weighted by Gasteiger charge is -2.29. The van der Waals surface area contributed by atoms with Gasteiger partial charge in [0.15, 0.2) is 17.3 Å². The van der Waals surface area contributed by atoms with E-state index in [1.165, 1.54) is 36.4 Å². The number of ether oxygens (including phenoxy) is 2. The standard InChI is InChI=1S/C29H28F2N2O5/c30-21-9-7-19(8-10-21)18-3-5-20(6-4-18)26(34)29(36)32-23(17-33-13-1-2-14-33)27(35)22-11-12-24-28(25(22)31)38-16-15-37-24/h3-12,23,27,35H,1-2,13-17H2,(H,32,36). The van der Waals surface area contributed by atoms with Gasteiger partial charge in [-0.2, -0.15) is 0 Å². The number of amides is 1. The summed E-state index contributed by atoms with van der Waals surface area (Å²) in [7, 11) is 0. The molecule has 1 amide bonds. The Bertz CT molecular complexity index is 1310. The maximum atomic E-state index is 15.3. The van der Waals surface area contributed by atoms with E-state index in [0.29, 0.717) is 6.61 Å². The summed E-state index contributed by atoms with van der Waals surface area (Å²) in [6, 6.07) is 14.3. The van der Waals surface area contributed by atoms with Gasteiger partial charge in [0.25, 0.3) is 5.91 Å². The van der Waals surface area contributed by atoms with E-state index in [2.05, 4.69) is 10.2 Å². The molecule has 0 radical (unpaired) electrons. The summed E-state index contributed by atoms with van der Waals surface area (Å²) in [5, 5.41) is 13.8. The Balaban J connectivity index is 1.34. The van der Waals surface area contributed by atoms with Crippen molar-refractivity contribution < 1.29 is 33.0 Å². The van der Waals surface area contributed by atoms with Crippen LogP contribution >= 0.6 is 0 Å². The Morgan fingerprint density at radius 3 is 2.21 bits per heavy atom. The lowest BCUT2D eigenvalue weighted by atomic mass is 9.99. The molecule has 2 unspecified atom stereocenters. The first-order valence-corrected chi connectivity index (χ1v) is 12.6. The van der Waals surface area contributed by atoms with Gasteiger partial charge in [0.2, 0.25) is 5.78 Å². The zero-order valence-electron chi connectivity index (χ0n) is 20.7. The highest BCUT2D eigenvalue weighted by Gasteiger charge is 2.32. The summed E-state index contributed by atoms with van der Waals surface area (Å²) in [5.74, 6) is -2.60. The summed E-state index contributed by atoms with van der Waals surface area (Å²) in [6.45, 7) is 2.29. The van der Waals surface area contributed by atoms with Crippen LogP contribution < -0.4 is 14.8 Å². The van der Waals surface area contributed by atoms with Crippen LogP contribution in [0.5, 0.6) is 11.5 Å². The third kappa shape index (κ3) is 5.54. The molecule has 2 aliphatic heterocycles. The van der Waals surface area contributed by atoms with Crippen molar-refractivity contribution in [1.82, 2.24) is 10.2 Å². The second-order valence-corrected chi connectivity index (χ2v) is 9.44. The van der Waals surface area contributed by atoms with Crippen molar-refractivity contribution in [3.63, 3.8) is 0 Å². The zero-order valence-corrected chi connectivity index (χ0v) is 20.7.